The molecule has 0 rings (SSSR count). The van der Waals surface area contributed by atoms with E-state index in [-0.39, 0.29) is 11.9 Å². The zero-order valence-corrected chi connectivity index (χ0v) is 7.72. The molecule has 0 aliphatic carbocycles. The van der Waals surface area contributed by atoms with Gasteiger partial charge in [0.2, 0.25) is 0 Å². The lowest BCUT2D eigenvalue weighted by Crippen LogP contribution is -2.41. The van der Waals surface area contributed by atoms with Gasteiger partial charge in [0.1, 0.15) is 5.84 Å². The molecular weight excluding hydrogens is 138 g/mol. The first-order valence-corrected chi connectivity index (χ1v) is 4.17. The van der Waals surface area contributed by atoms with Gasteiger partial charge in [0.15, 0.2) is 0 Å². The quantitative estimate of drug-likeness (QED) is 0.463. The number of nitrogens with two attached hydrogens (primary N) is 1. The van der Waals surface area contributed by atoms with Gasteiger partial charge < -0.3 is 5.73 Å². The second-order valence-electron chi connectivity index (χ2n) is 2.86. The highest BCUT2D eigenvalue weighted by atomic mass is 15.1. The van der Waals surface area contributed by atoms with Crippen molar-refractivity contribution in [3.63, 3.8) is 0 Å². The molecule has 0 bridgehead atoms. The van der Waals surface area contributed by atoms with Crippen molar-refractivity contribution >= 4 is 5.84 Å². The van der Waals surface area contributed by atoms with Crippen LogP contribution in [0.2, 0.25) is 0 Å². The molecule has 0 saturated heterocycles. The van der Waals surface area contributed by atoms with Gasteiger partial charge in [-0.3, -0.25) is 10.3 Å². The second kappa shape index (κ2) is 5.13. The Morgan fingerprint density at radius 1 is 1.55 bits per heavy atom. The molecule has 0 aromatic carbocycles. The van der Waals surface area contributed by atoms with E-state index in [1.807, 2.05) is 7.05 Å². The van der Waals surface area contributed by atoms with Crippen molar-refractivity contribution in [1.82, 2.24) is 4.90 Å². The van der Waals surface area contributed by atoms with Crippen LogP contribution in [0.4, 0.5) is 0 Å². The van der Waals surface area contributed by atoms with E-state index in [1.54, 1.807) is 0 Å². The van der Waals surface area contributed by atoms with E-state index >= 15 is 0 Å². The molecule has 0 amide bonds. The van der Waals surface area contributed by atoms with Crippen LogP contribution in [0.1, 0.15) is 26.7 Å². The average Bonchev–Trinajstić information content (AvgIpc) is 1.88. The first-order chi connectivity index (χ1) is 5.13. The summed E-state index contributed by atoms with van der Waals surface area (Å²) in [6, 6.07) is 0.134. The Morgan fingerprint density at radius 2 is 2.09 bits per heavy atom. The molecule has 3 nitrogen and oxygen atoms in total. The summed E-state index contributed by atoms with van der Waals surface area (Å²) in [5, 5.41) is 7.30. The molecule has 0 aliphatic rings. The maximum Gasteiger partial charge on any atom is 0.108 e. The third-order valence-corrected chi connectivity index (χ3v) is 1.85. The van der Waals surface area contributed by atoms with Gasteiger partial charge in [0, 0.05) is 0 Å². The van der Waals surface area contributed by atoms with E-state index in [1.165, 1.54) is 0 Å². The van der Waals surface area contributed by atoms with Crippen LogP contribution in [0.15, 0.2) is 0 Å². The third kappa shape index (κ3) is 3.37. The summed E-state index contributed by atoms with van der Waals surface area (Å²) in [4.78, 5) is 2.13. The fourth-order valence-electron chi connectivity index (χ4n) is 1.28. The average molecular weight is 157 g/mol. The summed E-state index contributed by atoms with van der Waals surface area (Å²) in [5.74, 6) is 0.281. The molecule has 0 saturated carbocycles. The van der Waals surface area contributed by atoms with E-state index in [0.717, 1.165) is 19.4 Å². The number of likely N-dealkylation sites (N-methyl/N-ethyl adjacent to an activating group) is 1. The van der Waals surface area contributed by atoms with E-state index in [0.29, 0.717) is 0 Å². The summed E-state index contributed by atoms with van der Waals surface area (Å²) in [5.41, 5.74) is 5.42. The maximum absolute atomic E-state index is 7.30. The molecule has 1 unspecified atom stereocenters. The lowest BCUT2D eigenvalue weighted by Gasteiger charge is -2.25. The maximum atomic E-state index is 7.30. The largest absolute Gasteiger partial charge is 0.386 e. The highest BCUT2D eigenvalue weighted by Crippen LogP contribution is 2.01. The predicted molar refractivity (Wildman–Crippen MR) is 48.9 cm³/mol. The Balaban J connectivity index is 3.91. The molecule has 3 N–H and O–H groups in total. The Hall–Kier alpha value is -0.570. The molecular formula is C8H19N3. The minimum Gasteiger partial charge on any atom is -0.386 e. The van der Waals surface area contributed by atoms with Gasteiger partial charge in [0.25, 0.3) is 0 Å². The number of nitrogens with zero attached hydrogens (tertiary/aromatic N) is 1. The summed E-state index contributed by atoms with van der Waals surface area (Å²) < 4.78 is 0. The monoisotopic (exact) mass is 157 g/mol. The first kappa shape index (κ1) is 10.4. The smallest absolute Gasteiger partial charge is 0.108 e. The molecule has 11 heavy (non-hydrogen) atoms. The fraction of sp³-hybridized carbons (Fsp3) is 0.875. The van der Waals surface area contributed by atoms with E-state index in [4.69, 9.17) is 11.1 Å². The Morgan fingerprint density at radius 3 is 2.36 bits per heavy atom. The Bertz CT molecular complexity index is 123. The van der Waals surface area contributed by atoms with Crippen LogP contribution in [0.5, 0.6) is 0 Å². The number of hydrogen-bond donors (Lipinski definition) is 2. The van der Waals surface area contributed by atoms with E-state index < -0.39 is 0 Å². The van der Waals surface area contributed by atoms with Crippen molar-refractivity contribution in [3.8, 4) is 0 Å². The van der Waals surface area contributed by atoms with Crippen LogP contribution in [0.3, 0.4) is 0 Å². The summed E-state index contributed by atoms with van der Waals surface area (Å²) in [7, 11) is 2.01. The molecule has 3 heteroatoms. The van der Waals surface area contributed by atoms with Crippen molar-refractivity contribution in [2.45, 2.75) is 32.7 Å². The summed E-state index contributed by atoms with van der Waals surface area (Å²) in [6.07, 6.45) is 2.03. The number of rotatable bonds is 5. The standard InChI is InChI=1S/C8H19N3/c1-4-6-11(3)7(5-2)8(9)10/h7H,4-6H2,1-3H3,(H3,9,10). The lowest BCUT2D eigenvalue weighted by atomic mass is 10.2. The Kier molecular flexibility index (Phi) is 4.86. The minimum absolute atomic E-state index is 0.134. The molecule has 0 aromatic rings. The van der Waals surface area contributed by atoms with Gasteiger partial charge >= 0.3 is 0 Å². The lowest BCUT2D eigenvalue weighted by molar-refractivity contribution is 0.289. The van der Waals surface area contributed by atoms with E-state index in [2.05, 4.69) is 18.7 Å². The van der Waals surface area contributed by atoms with Crippen LogP contribution >= 0.6 is 0 Å². The van der Waals surface area contributed by atoms with Gasteiger partial charge in [0.05, 0.1) is 6.04 Å². The summed E-state index contributed by atoms with van der Waals surface area (Å²) in [6.45, 7) is 5.19. The van der Waals surface area contributed by atoms with Crippen molar-refractivity contribution in [2.24, 2.45) is 5.73 Å². The molecule has 1 atom stereocenters. The third-order valence-electron chi connectivity index (χ3n) is 1.85. The molecule has 0 aromatic heterocycles. The van der Waals surface area contributed by atoms with E-state index in [9.17, 15) is 0 Å². The van der Waals surface area contributed by atoms with Crippen molar-refractivity contribution < 1.29 is 0 Å². The van der Waals surface area contributed by atoms with Gasteiger partial charge in [-0.25, -0.2) is 0 Å². The zero-order valence-electron chi connectivity index (χ0n) is 7.72. The number of hydrogen-bond acceptors (Lipinski definition) is 2. The Labute approximate surface area is 69.1 Å². The molecule has 66 valence electrons. The minimum atomic E-state index is 0.134. The molecule has 0 fully saturated rings. The normalized spacial score (nSPS) is 13.5. The van der Waals surface area contributed by atoms with Crippen LogP contribution in [-0.2, 0) is 0 Å². The van der Waals surface area contributed by atoms with Crippen LogP contribution in [0, 0.1) is 5.41 Å². The van der Waals surface area contributed by atoms with Crippen molar-refractivity contribution in [2.75, 3.05) is 13.6 Å². The fourth-order valence-corrected chi connectivity index (χ4v) is 1.28. The highest BCUT2D eigenvalue weighted by molar-refractivity contribution is 5.82. The van der Waals surface area contributed by atoms with Crippen molar-refractivity contribution in [3.05, 3.63) is 0 Å². The first-order valence-electron chi connectivity index (χ1n) is 4.17. The van der Waals surface area contributed by atoms with Gasteiger partial charge in [-0.2, -0.15) is 0 Å². The molecule has 0 radical (unpaired) electrons. The SMILES string of the molecule is CCCN(C)C(CC)C(=N)N. The molecule has 0 aliphatic heterocycles. The van der Waals surface area contributed by atoms with Crippen LogP contribution < -0.4 is 5.73 Å². The summed E-state index contributed by atoms with van der Waals surface area (Å²) >= 11 is 0. The molecule has 0 heterocycles. The van der Waals surface area contributed by atoms with Gasteiger partial charge in [-0.05, 0) is 26.4 Å². The topological polar surface area (TPSA) is 53.1 Å². The highest BCUT2D eigenvalue weighted by Gasteiger charge is 2.13. The van der Waals surface area contributed by atoms with Gasteiger partial charge in [-0.1, -0.05) is 13.8 Å². The van der Waals surface area contributed by atoms with Crippen molar-refractivity contribution in [1.29, 1.82) is 5.41 Å². The van der Waals surface area contributed by atoms with Gasteiger partial charge in [-0.15, -0.1) is 0 Å². The van der Waals surface area contributed by atoms with Crippen LogP contribution in [-0.4, -0.2) is 30.4 Å². The second-order valence-corrected chi connectivity index (χ2v) is 2.86. The van der Waals surface area contributed by atoms with Crippen LogP contribution in [0.25, 0.3) is 0 Å². The molecule has 0 spiro atoms. The number of amidine groups is 1. The number of nitrogens with one attached hydrogen (secondary N) is 1. The predicted octanol–water partition coefficient (Wildman–Crippen LogP) is 1.04. The zero-order chi connectivity index (χ0) is 8.85.